The highest BCUT2D eigenvalue weighted by Crippen LogP contribution is 2.10. The van der Waals surface area contributed by atoms with Gasteiger partial charge in [0, 0.05) is 45.9 Å². The van der Waals surface area contributed by atoms with E-state index in [2.05, 4.69) is 46.3 Å². The molecule has 1 N–H and O–H groups in total. The highest BCUT2D eigenvalue weighted by molar-refractivity contribution is 5.80. The van der Waals surface area contributed by atoms with Gasteiger partial charge in [-0.15, -0.1) is 0 Å². The molecule has 1 amide bonds. The van der Waals surface area contributed by atoms with Crippen LogP contribution in [-0.2, 0) is 27.4 Å². The predicted molar refractivity (Wildman–Crippen MR) is 108 cm³/mol. The topological polar surface area (TPSA) is 54.0 Å². The van der Waals surface area contributed by atoms with Crippen LogP contribution < -0.4 is 5.32 Å². The third-order valence-electron chi connectivity index (χ3n) is 4.98. The van der Waals surface area contributed by atoms with E-state index in [0.29, 0.717) is 26.4 Å². The van der Waals surface area contributed by atoms with Crippen LogP contribution >= 0.6 is 0 Å². The molecule has 1 aromatic carbocycles. The second kappa shape index (κ2) is 12.1. The third-order valence-corrected chi connectivity index (χ3v) is 4.98. The zero-order valence-electron chi connectivity index (χ0n) is 17.1. The molecule has 27 heavy (non-hydrogen) atoms. The summed E-state index contributed by atoms with van der Waals surface area (Å²) in [5.74, 6) is -0.0932. The van der Waals surface area contributed by atoms with E-state index in [4.69, 9.17) is 9.47 Å². The van der Waals surface area contributed by atoms with Crippen LogP contribution in [0.5, 0.6) is 0 Å². The van der Waals surface area contributed by atoms with Crippen LogP contribution in [0.2, 0.25) is 0 Å². The van der Waals surface area contributed by atoms with Crippen molar-refractivity contribution in [2.24, 2.45) is 0 Å². The quantitative estimate of drug-likeness (QED) is 0.597. The first-order valence-electron chi connectivity index (χ1n) is 10.1. The molecule has 0 aromatic heterocycles. The number of rotatable bonds is 11. The van der Waals surface area contributed by atoms with E-state index in [-0.39, 0.29) is 5.91 Å². The van der Waals surface area contributed by atoms with E-state index in [1.807, 2.05) is 6.92 Å². The maximum absolute atomic E-state index is 12.1. The van der Waals surface area contributed by atoms with Crippen LogP contribution in [0.4, 0.5) is 0 Å². The second-order valence-electron chi connectivity index (χ2n) is 6.95. The molecule has 6 nitrogen and oxygen atoms in total. The fraction of sp³-hybridized carbons (Fsp3) is 0.667. The summed E-state index contributed by atoms with van der Waals surface area (Å²) in [7, 11) is 0. The summed E-state index contributed by atoms with van der Waals surface area (Å²) in [5.41, 5.74) is 2.42. The molecule has 1 aromatic rings. The summed E-state index contributed by atoms with van der Waals surface area (Å²) in [5, 5.41) is 2.93. The van der Waals surface area contributed by atoms with E-state index >= 15 is 0 Å². The molecule has 1 atom stereocenters. The zero-order valence-corrected chi connectivity index (χ0v) is 17.1. The lowest BCUT2D eigenvalue weighted by Gasteiger charge is -2.34. The number of likely N-dealkylation sites (N-methyl/N-ethyl adjacent to an activating group) is 1. The molecule has 1 heterocycles. The predicted octanol–water partition coefficient (Wildman–Crippen LogP) is 1.88. The number of ether oxygens (including phenoxy) is 2. The Hall–Kier alpha value is -1.47. The molecule has 0 aliphatic carbocycles. The maximum Gasteiger partial charge on any atom is 0.249 e. The van der Waals surface area contributed by atoms with Gasteiger partial charge >= 0.3 is 0 Å². The average Bonchev–Trinajstić information content (AvgIpc) is 2.71. The van der Waals surface area contributed by atoms with Gasteiger partial charge in [-0.05, 0) is 31.5 Å². The summed E-state index contributed by atoms with van der Waals surface area (Å²) in [6, 6.07) is 8.52. The molecule has 0 radical (unpaired) electrons. The fourth-order valence-corrected chi connectivity index (χ4v) is 3.12. The summed E-state index contributed by atoms with van der Waals surface area (Å²) in [6.07, 6.45) is -0.466. The molecule has 152 valence electrons. The van der Waals surface area contributed by atoms with Gasteiger partial charge in [0.2, 0.25) is 5.91 Å². The lowest BCUT2D eigenvalue weighted by atomic mass is 10.1. The van der Waals surface area contributed by atoms with Crippen molar-refractivity contribution in [3.63, 3.8) is 0 Å². The maximum atomic E-state index is 12.1. The standard InChI is InChI=1S/C21H35N3O3/c1-4-23-10-12-24(13-11-23)17-20-8-6-19(7-9-20)16-22-21(25)18(3)27-15-14-26-5-2/h6-9,18H,4-5,10-17H2,1-3H3,(H,22,25). The number of carbonyl (C=O) groups is 1. The van der Waals surface area contributed by atoms with Crippen molar-refractivity contribution in [2.75, 3.05) is 52.5 Å². The lowest BCUT2D eigenvalue weighted by molar-refractivity contribution is -0.132. The van der Waals surface area contributed by atoms with Crippen molar-refractivity contribution in [3.8, 4) is 0 Å². The Morgan fingerprint density at radius 3 is 2.30 bits per heavy atom. The van der Waals surface area contributed by atoms with Gasteiger partial charge in [-0.25, -0.2) is 0 Å². The van der Waals surface area contributed by atoms with Crippen molar-refractivity contribution < 1.29 is 14.3 Å². The number of amides is 1. The summed E-state index contributed by atoms with van der Waals surface area (Å²) in [6.45, 7) is 14.8. The van der Waals surface area contributed by atoms with Gasteiger partial charge in [0.05, 0.1) is 13.2 Å². The van der Waals surface area contributed by atoms with E-state index in [9.17, 15) is 4.79 Å². The molecule has 0 bridgehead atoms. The van der Waals surface area contributed by atoms with Crippen molar-refractivity contribution in [3.05, 3.63) is 35.4 Å². The highest BCUT2D eigenvalue weighted by Gasteiger charge is 2.15. The largest absolute Gasteiger partial charge is 0.379 e. The number of piperazine rings is 1. The molecule has 1 saturated heterocycles. The van der Waals surface area contributed by atoms with Crippen LogP contribution in [0.1, 0.15) is 31.9 Å². The van der Waals surface area contributed by atoms with E-state index in [1.165, 1.54) is 5.56 Å². The van der Waals surface area contributed by atoms with Gasteiger partial charge in [0.25, 0.3) is 0 Å². The Morgan fingerprint density at radius 2 is 1.67 bits per heavy atom. The molecular weight excluding hydrogens is 342 g/mol. The van der Waals surface area contributed by atoms with E-state index < -0.39 is 6.10 Å². The Bertz CT molecular complexity index is 542. The molecule has 0 spiro atoms. The minimum absolute atomic E-state index is 0.0932. The third kappa shape index (κ3) is 7.97. The Morgan fingerprint density at radius 1 is 1.04 bits per heavy atom. The summed E-state index contributed by atoms with van der Waals surface area (Å²) < 4.78 is 10.7. The van der Waals surface area contributed by atoms with Gasteiger partial charge in [-0.2, -0.15) is 0 Å². The number of nitrogens with zero attached hydrogens (tertiary/aromatic N) is 2. The summed E-state index contributed by atoms with van der Waals surface area (Å²) in [4.78, 5) is 17.1. The Labute approximate surface area is 163 Å². The minimum Gasteiger partial charge on any atom is -0.379 e. The number of hydrogen-bond acceptors (Lipinski definition) is 5. The number of hydrogen-bond donors (Lipinski definition) is 1. The lowest BCUT2D eigenvalue weighted by Crippen LogP contribution is -2.45. The second-order valence-corrected chi connectivity index (χ2v) is 6.95. The van der Waals surface area contributed by atoms with Crippen LogP contribution in [0, 0.1) is 0 Å². The first-order chi connectivity index (χ1) is 13.1. The minimum atomic E-state index is -0.466. The van der Waals surface area contributed by atoms with Gasteiger partial charge in [-0.1, -0.05) is 31.2 Å². The first-order valence-corrected chi connectivity index (χ1v) is 10.1. The van der Waals surface area contributed by atoms with Crippen molar-refractivity contribution in [1.29, 1.82) is 0 Å². The molecule has 2 rings (SSSR count). The van der Waals surface area contributed by atoms with Gasteiger partial charge in [0.1, 0.15) is 6.10 Å². The summed E-state index contributed by atoms with van der Waals surface area (Å²) >= 11 is 0. The van der Waals surface area contributed by atoms with Crippen molar-refractivity contribution in [2.45, 2.75) is 40.0 Å². The van der Waals surface area contributed by atoms with Crippen molar-refractivity contribution >= 4 is 5.91 Å². The Balaban J connectivity index is 1.68. The first kappa shape index (κ1) is 21.8. The molecule has 0 saturated carbocycles. The molecule has 1 unspecified atom stereocenters. The SMILES string of the molecule is CCOCCOC(C)C(=O)NCc1ccc(CN2CCN(CC)CC2)cc1. The van der Waals surface area contributed by atoms with Crippen LogP contribution in [-0.4, -0.2) is 74.4 Å². The van der Waals surface area contributed by atoms with E-state index in [0.717, 1.165) is 44.8 Å². The molecule has 1 aliphatic heterocycles. The number of carbonyl (C=O) groups excluding carboxylic acids is 1. The van der Waals surface area contributed by atoms with Gasteiger partial charge in [0.15, 0.2) is 0 Å². The molecule has 1 fully saturated rings. The average molecular weight is 378 g/mol. The zero-order chi connectivity index (χ0) is 19.5. The monoisotopic (exact) mass is 377 g/mol. The van der Waals surface area contributed by atoms with Gasteiger partial charge < -0.3 is 19.7 Å². The van der Waals surface area contributed by atoms with Crippen molar-refractivity contribution in [1.82, 2.24) is 15.1 Å². The Kier molecular flexibility index (Phi) is 9.77. The smallest absolute Gasteiger partial charge is 0.249 e. The van der Waals surface area contributed by atoms with Crippen LogP contribution in [0.15, 0.2) is 24.3 Å². The van der Waals surface area contributed by atoms with Crippen LogP contribution in [0.3, 0.4) is 0 Å². The number of benzene rings is 1. The van der Waals surface area contributed by atoms with Crippen LogP contribution in [0.25, 0.3) is 0 Å². The van der Waals surface area contributed by atoms with Gasteiger partial charge in [-0.3, -0.25) is 9.69 Å². The molecule has 1 aliphatic rings. The number of nitrogens with one attached hydrogen (secondary N) is 1. The highest BCUT2D eigenvalue weighted by atomic mass is 16.5. The van der Waals surface area contributed by atoms with E-state index in [1.54, 1.807) is 6.92 Å². The normalized spacial score (nSPS) is 17.0. The molecule has 6 heteroatoms. The fourth-order valence-electron chi connectivity index (χ4n) is 3.12. The molecular formula is C21H35N3O3.